The van der Waals surface area contributed by atoms with Gasteiger partial charge in [0, 0.05) is 25.0 Å². The molecule has 0 aliphatic rings. The van der Waals surface area contributed by atoms with Gasteiger partial charge in [-0.15, -0.1) is 10.2 Å². The highest BCUT2D eigenvalue weighted by molar-refractivity contribution is 6.01. The molecule has 0 bridgehead atoms. The smallest absolute Gasteiger partial charge is 0.204 e. The molecule has 0 aliphatic heterocycles. The molecule has 0 atom stereocenters. The highest BCUT2D eigenvalue weighted by Gasteiger charge is 2.15. The third kappa shape index (κ3) is 1.85. The van der Waals surface area contributed by atoms with Crippen molar-refractivity contribution in [1.29, 1.82) is 5.41 Å². The van der Waals surface area contributed by atoms with Crippen molar-refractivity contribution >= 4 is 23.0 Å². The number of aromatic nitrogens is 4. The normalized spacial score (nSPS) is 10.7. The zero-order valence-electron chi connectivity index (χ0n) is 10.9. The summed E-state index contributed by atoms with van der Waals surface area (Å²) in [5, 5.41) is 15.6. The predicted molar refractivity (Wildman–Crippen MR) is 76.3 cm³/mol. The lowest BCUT2D eigenvalue weighted by molar-refractivity contribution is 1.06. The molecule has 7 heteroatoms. The van der Waals surface area contributed by atoms with Gasteiger partial charge in [0.1, 0.15) is 12.2 Å². The molecule has 0 spiro atoms. The Labute approximate surface area is 115 Å². The van der Waals surface area contributed by atoms with Crippen LogP contribution in [0, 0.1) is 5.41 Å². The molecule has 0 amide bonds. The number of anilines is 2. The number of para-hydroxylation sites is 1. The quantitative estimate of drug-likeness (QED) is 0.548. The van der Waals surface area contributed by atoms with E-state index in [9.17, 15) is 0 Å². The maximum atomic E-state index is 7.66. The molecule has 0 aliphatic carbocycles. The minimum absolute atomic E-state index is 0.0147. The van der Waals surface area contributed by atoms with Crippen LogP contribution in [0.2, 0.25) is 0 Å². The maximum Gasteiger partial charge on any atom is 0.204 e. The van der Waals surface area contributed by atoms with Crippen molar-refractivity contribution in [2.45, 2.75) is 0 Å². The van der Waals surface area contributed by atoms with Crippen LogP contribution >= 0.6 is 0 Å². The fourth-order valence-electron chi connectivity index (χ4n) is 2.09. The maximum absolute atomic E-state index is 7.66. The van der Waals surface area contributed by atoms with E-state index in [0.29, 0.717) is 17.0 Å². The van der Waals surface area contributed by atoms with E-state index in [2.05, 4.69) is 15.2 Å². The summed E-state index contributed by atoms with van der Waals surface area (Å²) in [5.41, 5.74) is 7.72. The first-order valence-electron chi connectivity index (χ1n) is 6.00. The first kappa shape index (κ1) is 12.1. The topological polar surface area (TPSA) is 96.2 Å². The molecule has 20 heavy (non-hydrogen) atoms. The number of amidine groups is 1. The molecule has 0 saturated carbocycles. The van der Waals surface area contributed by atoms with Crippen LogP contribution in [0.3, 0.4) is 0 Å². The van der Waals surface area contributed by atoms with Crippen LogP contribution in [0.1, 0.15) is 5.56 Å². The Balaban J connectivity index is 2.16. The summed E-state index contributed by atoms with van der Waals surface area (Å²) in [6, 6.07) is 7.43. The van der Waals surface area contributed by atoms with E-state index in [4.69, 9.17) is 11.1 Å². The van der Waals surface area contributed by atoms with Crippen molar-refractivity contribution in [3.63, 3.8) is 0 Å². The van der Waals surface area contributed by atoms with Gasteiger partial charge in [-0.25, -0.2) is 4.98 Å². The molecular weight excluding hydrogens is 254 g/mol. The molecule has 7 nitrogen and oxygen atoms in total. The Kier molecular flexibility index (Phi) is 2.79. The van der Waals surface area contributed by atoms with E-state index in [1.165, 1.54) is 0 Å². The molecule has 3 aromatic rings. The lowest BCUT2D eigenvalue weighted by Crippen LogP contribution is -2.19. The van der Waals surface area contributed by atoms with Gasteiger partial charge < -0.3 is 10.6 Å². The predicted octanol–water partition coefficient (Wildman–Crippen LogP) is 1.18. The van der Waals surface area contributed by atoms with Gasteiger partial charge in [-0.05, 0) is 12.1 Å². The van der Waals surface area contributed by atoms with Crippen LogP contribution in [0.4, 0.5) is 11.5 Å². The largest absolute Gasteiger partial charge is 0.384 e. The number of nitrogens with one attached hydrogen (secondary N) is 1. The highest BCUT2D eigenvalue weighted by Crippen LogP contribution is 2.27. The SMILES string of the molecule is CN(c1ccccc1C(=N)N)c1nccn2cnnc12. The highest BCUT2D eigenvalue weighted by atomic mass is 15.3. The van der Waals surface area contributed by atoms with Crippen LogP contribution in [0.15, 0.2) is 43.0 Å². The van der Waals surface area contributed by atoms with Gasteiger partial charge in [0.05, 0.1) is 5.69 Å². The zero-order valence-corrected chi connectivity index (χ0v) is 10.9. The number of fused-ring (bicyclic) bond motifs is 1. The molecule has 100 valence electrons. The third-order valence-electron chi connectivity index (χ3n) is 3.07. The molecule has 0 radical (unpaired) electrons. The molecule has 2 aromatic heterocycles. The summed E-state index contributed by atoms with van der Waals surface area (Å²) in [6.45, 7) is 0. The number of nitrogens with two attached hydrogens (primary N) is 1. The molecule has 2 heterocycles. The fourth-order valence-corrected chi connectivity index (χ4v) is 2.09. The standard InChI is InChI=1S/C13H13N7/c1-19(10-5-3-2-4-9(10)11(14)15)12-13-18-17-8-20(13)7-6-16-12/h2-8H,1H3,(H3,14,15). The van der Waals surface area contributed by atoms with Crippen molar-refractivity contribution in [2.24, 2.45) is 5.73 Å². The summed E-state index contributed by atoms with van der Waals surface area (Å²) in [7, 11) is 1.86. The first-order chi connectivity index (χ1) is 9.68. The molecule has 3 rings (SSSR count). The minimum atomic E-state index is 0.0147. The number of rotatable bonds is 3. The van der Waals surface area contributed by atoms with E-state index in [1.807, 2.05) is 30.1 Å². The van der Waals surface area contributed by atoms with E-state index >= 15 is 0 Å². The van der Waals surface area contributed by atoms with Crippen LogP contribution in [0.25, 0.3) is 5.65 Å². The van der Waals surface area contributed by atoms with Crippen LogP contribution in [-0.4, -0.2) is 32.5 Å². The number of hydrogen-bond donors (Lipinski definition) is 2. The summed E-state index contributed by atoms with van der Waals surface area (Å²) < 4.78 is 1.79. The number of benzene rings is 1. The van der Waals surface area contributed by atoms with Crippen molar-refractivity contribution in [2.75, 3.05) is 11.9 Å². The Hall–Kier alpha value is -2.96. The summed E-state index contributed by atoms with van der Waals surface area (Å²) in [4.78, 5) is 6.20. The van der Waals surface area contributed by atoms with Crippen molar-refractivity contribution in [3.8, 4) is 0 Å². The average molecular weight is 267 g/mol. The van der Waals surface area contributed by atoms with E-state index < -0.39 is 0 Å². The number of hydrogen-bond acceptors (Lipinski definition) is 5. The summed E-state index contributed by atoms with van der Waals surface area (Å²) in [6.07, 6.45) is 5.08. The fraction of sp³-hybridized carbons (Fsp3) is 0.0769. The van der Waals surface area contributed by atoms with E-state index in [0.717, 1.165) is 5.69 Å². The Bertz CT molecular complexity index is 777. The number of nitrogens with zero attached hydrogens (tertiary/aromatic N) is 5. The van der Waals surface area contributed by atoms with Crippen molar-refractivity contribution in [3.05, 3.63) is 48.5 Å². The minimum Gasteiger partial charge on any atom is -0.384 e. The number of nitrogen functional groups attached to an aromatic ring is 1. The van der Waals surface area contributed by atoms with Crippen LogP contribution < -0.4 is 10.6 Å². The van der Waals surface area contributed by atoms with E-state index in [1.54, 1.807) is 29.2 Å². The van der Waals surface area contributed by atoms with Crippen LogP contribution in [0.5, 0.6) is 0 Å². The Morgan fingerprint density at radius 1 is 1.35 bits per heavy atom. The van der Waals surface area contributed by atoms with Gasteiger partial charge in [0.2, 0.25) is 5.65 Å². The molecule has 3 N–H and O–H groups in total. The first-order valence-corrected chi connectivity index (χ1v) is 6.00. The molecule has 0 fully saturated rings. The third-order valence-corrected chi connectivity index (χ3v) is 3.07. The average Bonchev–Trinajstić information content (AvgIpc) is 2.94. The lowest BCUT2D eigenvalue weighted by Gasteiger charge is -2.21. The summed E-state index contributed by atoms with van der Waals surface area (Å²) in [5.74, 6) is 0.666. The van der Waals surface area contributed by atoms with Gasteiger partial charge in [-0.2, -0.15) is 0 Å². The zero-order chi connectivity index (χ0) is 14.1. The Morgan fingerprint density at radius 3 is 2.95 bits per heavy atom. The second-order valence-corrected chi connectivity index (χ2v) is 4.30. The van der Waals surface area contributed by atoms with E-state index in [-0.39, 0.29) is 5.84 Å². The van der Waals surface area contributed by atoms with Crippen molar-refractivity contribution in [1.82, 2.24) is 19.6 Å². The van der Waals surface area contributed by atoms with Gasteiger partial charge in [0.25, 0.3) is 0 Å². The molecule has 0 unspecified atom stereocenters. The second kappa shape index (κ2) is 4.61. The molecular formula is C13H13N7. The van der Waals surface area contributed by atoms with Gasteiger partial charge in [0.15, 0.2) is 5.82 Å². The molecule has 0 saturated heterocycles. The lowest BCUT2D eigenvalue weighted by atomic mass is 10.1. The van der Waals surface area contributed by atoms with Gasteiger partial charge in [-0.1, -0.05) is 12.1 Å². The second-order valence-electron chi connectivity index (χ2n) is 4.30. The van der Waals surface area contributed by atoms with Gasteiger partial charge in [-0.3, -0.25) is 9.81 Å². The van der Waals surface area contributed by atoms with Crippen molar-refractivity contribution < 1.29 is 0 Å². The van der Waals surface area contributed by atoms with Crippen LogP contribution in [-0.2, 0) is 0 Å². The van der Waals surface area contributed by atoms with Gasteiger partial charge >= 0.3 is 0 Å². The monoisotopic (exact) mass is 267 g/mol. The Morgan fingerprint density at radius 2 is 2.15 bits per heavy atom. The molecule has 1 aromatic carbocycles. The summed E-state index contributed by atoms with van der Waals surface area (Å²) >= 11 is 0.